The zero-order chi connectivity index (χ0) is 12.0. The molecule has 4 saturated carbocycles. The van der Waals surface area contributed by atoms with E-state index >= 15 is 0 Å². The molecule has 0 aromatic heterocycles. The third kappa shape index (κ3) is 1.52. The molecule has 0 N–H and O–H groups in total. The number of hydrogen-bond acceptors (Lipinski definition) is 0. The molecule has 4 bridgehead atoms. The quantitative estimate of drug-likeness (QED) is 0.569. The number of hydrogen-bond donors (Lipinski definition) is 0. The molecule has 0 heterocycles. The third-order valence-corrected chi connectivity index (χ3v) is 6.14. The first-order chi connectivity index (χ1) is 7.57. The topological polar surface area (TPSA) is 0 Å². The molecular formula is C16H26. The molecule has 5 unspecified atom stereocenters. The van der Waals surface area contributed by atoms with E-state index in [0.717, 1.165) is 28.6 Å². The van der Waals surface area contributed by atoms with Crippen LogP contribution in [0.3, 0.4) is 0 Å². The lowest BCUT2D eigenvalue weighted by Crippen LogP contribution is -2.55. The molecule has 4 fully saturated rings. The fourth-order valence-corrected chi connectivity index (χ4v) is 5.45. The molecule has 4 aliphatic carbocycles. The van der Waals surface area contributed by atoms with Gasteiger partial charge in [-0.25, -0.2) is 0 Å². The molecule has 0 heteroatoms. The fourth-order valence-electron chi connectivity index (χ4n) is 5.45. The largest absolute Gasteiger partial charge is 0.124 e. The third-order valence-electron chi connectivity index (χ3n) is 6.14. The van der Waals surface area contributed by atoms with Crippen molar-refractivity contribution in [2.75, 3.05) is 0 Å². The van der Waals surface area contributed by atoms with E-state index < -0.39 is 0 Å². The molecule has 0 aromatic rings. The second-order valence-electron chi connectivity index (χ2n) is 6.95. The Morgan fingerprint density at radius 1 is 1.19 bits per heavy atom. The lowest BCUT2D eigenvalue weighted by Gasteiger charge is -2.64. The SMILES string of the molecule is C#C.CCC12CC3CC(C1)C(C)C(C)(C3)C2. The van der Waals surface area contributed by atoms with Crippen molar-refractivity contribution in [3.63, 3.8) is 0 Å². The highest BCUT2D eigenvalue weighted by atomic mass is 14.6. The van der Waals surface area contributed by atoms with Gasteiger partial charge in [-0.1, -0.05) is 27.2 Å². The first kappa shape index (κ1) is 12.0. The van der Waals surface area contributed by atoms with E-state index in [4.69, 9.17) is 0 Å². The van der Waals surface area contributed by atoms with Crippen LogP contribution in [-0.4, -0.2) is 0 Å². The van der Waals surface area contributed by atoms with Crippen molar-refractivity contribution in [1.29, 1.82) is 0 Å². The molecule has 0 spiro atoms. The Balaban J connectivity index is 0.000000457. The van der Waals surface area contributed by atoms with Crippen LogP contribution in [0.25, 0.3) is 0 Å². The Morgan fingerprint density at radius 2 is 1.88 bits per heavy atom. The fraction of sp³-hybridized carbons (Fsp3) is 0.875. The minimum Gasteiger partial charge on any atom is -0.124 e. The maximum absolute atomic E-state index is 4.00. The Labute approximate surface area is 101 Å². The van der Waals surface area contributed by atoms with Crippen molar-refractivity contribution in [3.8, 4) is 12.8 Å². The van der Waals surface area contributed by atoms with Crippen LogP contribution in [0.5, 0.6) is 0 Å². The Bertz CT molecular complexity index is 284. The van der Waals surface area contributed by atoms with Crippen LogP contribution < -0.4 is 0 Å². The highest BCUT2D eigenvalue weighted by molar-refractivity contribution is 5.08. The van der Waals surface area contributed by atoms with Crippen molar-refractivity contribution in [1.82, 2.24) is 0 Å². The summed E-state index contributed by atoms with van der Waals surface area (Å²) >= 11 is 0. The summed E-state index contributed by atoms with van der Waals surface area (Å²) in [5, 5.41) is 0. The van der Waals surface area contributed by atoms with Gasteiger partial charge >= 0.3 is 0 Å². The molecule has 0 radical (unpaired) electrons. The summed E-state index contributed by atoms with van der Waals surface area (Å²) in [6.45, 7) is 7.55. The predicted molar refractivity (Wildman–Crippen MR) is 70.0 cm³/mol. The van der Waals surface area contributed by atoms with Gasteiger partial charge in [0.2, 0.25) is 0 Å². The van der Waals surface area contributed by atoms with Crippen LogP contribution in [0, 0.1) is 41.4 Å². The van der Waals surface area contributed by atoms with Gasteiger partial charge in [0.25, 0.3) is 0 Å². The number of rotatable bonds is 1. The molecule has 0 amide bonds. The van der Waals surface area contributed by atoms with Crippen LogP contribution in [0.4, 0.5) is 0 Å². The van der Waals surface area contributed by atoms with Gasteiger partial charge in [-0.3, -0.25) is 0 Å². The normalized spacial score (nSPS) is 53.2. The van der Waals surface area contributed by atoms with Crippen LogP contribution in [0.2, 0.25) is 0 Å². The molecular weight excluding hydrogens is 192 g/mol. The lowest BCUT2D eigenvalue weighted by atomic mass is 9.41. The van der Waals surface area contributed by atoms with E-state index in [1.54, 1.807) is 32.1 Å². The monoisotopic (exact) mass is 218 g/mol. The highest BCUT2D eigenvalue weighted by Crippen LogP contribution is 2.68. The van der Waals surface area contributed by atoms with Gasteiger partial charge in [0.1, 0.15) is 0 Å². The van der Waals surface area contributed by atoms with E-state index in [1.165, 1.54) is 6.42 Å². The van der Waals surface area contributed by atoms with Crippen LogP contribution >= 0.6 is 0 Å². The first-order valence-electron chi connectivity index (χ1n) is 6.90. The van der Waals surface area contributed by atoms with Crippen LogP contribution in [0.1, 0.15) is 59.3 Å². The van der Waals surface area contributed by atoms with E-state index in [9.17, 15) is 0 Å². The van der Waals surface area contributed by atoms with Crippen LogP contribution in [-0.2, 0) is 0 Å². The van der Waals surface area contributed by atoms with Gasteiger partial charge in [-0.2, -0.15) is 0 Å². The maximum Gasteiger partial charge on any atom is -0.0289 e. The lowest BCUT2D eigenvalue weighted by molar-refractivity contribution is -0.142. The average molecular weight is 218 g/mol. The molecule has 5 atom stereocenters. The van der Waals surface area contributed by atoms with Crippen LogP contribution in [0.15, 0.2) is 0 Å². The molecule has 0 aromatic carbocycles. The Kier molecular flexibility index (Phi) is 2.85. The van der Waals surface area contributed by atoms with Gasteiger partial charge in [0.15, 0.2) is 0 Å². The average Bonchev–Trinajstić information content (AvgIpc) is 2.27. The second kappa shape index (κ2) is 3.80. The summed E-state index contributed by atoms with van der Waals surface area (Å²) in [6, 6.07) is 0. The van der Waals surface area contributed by atoms with Crippen molar-refractivity contribution < 1.29 is 0 Å². The van der Waals surface area contributed by atoms with Gasteiger partial charge in [-0.05, 0) is 60.7 Å². The van der Waals surface area contributed by atoms with Gasteiger partial charge in [0.05, 0.1) is 0 Å². The van der Waals surface area contributed by atoms with E-state index in [0.29, 0.717) is 0 Å². The van der Waals surface area contributed by atoms with Gasteiger partial charge in [0, 0.05) is 0 Å². The standard InChI is InChI=1S/C14H24.C2H2/c1-4-14-7-11-5-12(8-14)10(2)13(3,6-11)9-14;1-2/h10-12H,4-9H2,1-3H3;1-2H. The Hall–Kier alpha value is -0.440. The summed E-state index contributed by atoms with van der Waals surface area (Å²) in [6.07, 6.45) is 17.2. The molecule has 0 nitrogen and oxygen atoms in total. The van der Waals surface area contributed by atoms with Crippen molar-refractivity contribution in [2.45, 2.75) is 59.3 Å². The highest BCUT2D eigenvalue weighted by Gasteiger charge is 2.58. The molecule has 16 heavy (non-hydrogen) atoms. The summed E-state index contributed by atoms with van der Waals surface area (Å²) in [7, 11) is 0. The van der Waals surface area contributed by atoms with Gasteiger partial charge < -0.3 is 0 Å². The molecule has 4 aliphatic rings. The van der Waals surface area contributed by atoms with Gasteiger partial charge in [-0.15, -0.1) is 12.8 Å². The second-order valence-corrected chi connectivity index (χ2v) is 6.95. The summed E-state index contributed by atoms with van der Waals surface area (Å²) in [5.41, 5.74) is 1.51. The summed E-state index contributed by atoms with van der Waals surface area (Å²) in [5.74, 6) is 3.20. The smallest absolute Gasteiger partial charge is 0.0289 e. The number of terminal acetylenes is 1. The van der Waals surface area contributed by atoms with E-state index in [1.807, 2.05) is 0 Å². The minimum absolute atomic E-state index is 0.722. The zero-order valence-corrected chi connectivity index (χ0v) is 11.1. The minimum atomic E-state index is 0.722. The first-order valence-corrected chi connectivity index (χ1v) is 6.90. The molecule has 0 saturated heterocycles. The Morgan fingerprint density at radius 3 is 2.44 bits per heavy atom. The summed E-state index contributed by atoms with van der Waals surface area (Å²) in [4.78, 5) is 0. The van der Waals surface area contributed by atoms with E-state index in [-0.39, 0.29) is 0 Å². The summed E-state index contributed by atoms with van der Waals surface area (Å²) < 4.78 is 0. The maximum atomic E-state index is 4.00. The molecule has 90 valence electrons. The zero-order valence-electron chi connectivity index (χ0n) is 11.1. The molecule has 4 rings (SSSR count). The van der Waals surface area contributed by atoms with Crippen molar-refractivity contribution >= 4 is 0 Å². The predicted octanol–water partition coefficient (Wildman–Crippen LogP) is 4.50. The van der Waals surface area contributed by atoms with Crippen molar-refractivity contribution in [3.05, 3.63) is 0 Å². The van der Waals surface area contributed by atoms with Crippen molar-refractivity contribution in [2.24, 2.45) is 28.6 Å². The molecule has 0 aliphatic heterocycles. The van der Waals surface area contributed by atoms with E-state index in [2.05, 4.69) is 33.6 Å².